The van der Waals surface area contributed by atoms with Gasteiger partial charge in [0.05, 0.1) is 7.11 Å². The lowest BCUT2D eigenvalue weighted by Crippen LogP contribution is -2.15. The van der Waals surface area contributed by atoms with Crippen molar-refractivity contribution in [2.75, 3.05) is 12.4 Å². The fraction of sp³-hybridized carbons (Fsp3) is 0.240. The molecule has 3 aromatic carbocycles. The third-order valence-corrected chi connectivity index (χ3v) is 5.98. The number of nitrogens with one attached hydrogen (secondary N) is 1. The highest BCUT2D eigenvalue weighted by atomic mass is 32.2. The fourth-order valence-electron chi connectivity index (χ4n) is 3.30. The van der Waals surface area contributed by atoms with Crippen LogP contribution >= 0.6 is 11.8 Å². The lowest BCUT2D eigenvalue weighted by atomic mass is 10.0. The van der Waals surface area contributed by atoms with Crippen molar-refractivity contribution >= 4 is 23.4 Å². The normalized spacial score (nSPS) is 10.6. The van der Waals surface area contributed by atoms with Gasteiger partial charge in [0.15, 0.2) is 0 Å². The number of methoxy groups -OCH3 is 1. The summed E-state index contributed by atoms with van der Waals surface area (Å²) >= 11 is 1.73. The first-order valence-electron chi connectivity index (χ1n) is 9.93. The van der Waals surface area contributed by atoms with Gasteiger partial charge in [-0.3, -0.25) is 4.79 Å². The van der Waals surface area contributed by atoms with Crippen molar-refractivity contribution in [1.82, 2.24) is 0 Å². The van der Waals surface area contributed by atoms with Crippen molar-refractivity contribution in [3.05, 3.63) is 89.0 Å². The highest BCUT2D eigenvalue weighted by Gasteiger charge is 2.14. The highest BCUT2D eigenvalue weighted by Crippen LogP contribution is 2.29. The fourth-order valence-corrected chi connectivity index (χ4v) is 4.20. The minimum absolute atomic E-state index is 0.0887. The second-order valence-electron chi connectivity index (χ2n) is 6.74. The highest BCUT2D eigenvalue weighted by molar-refractivity contribution is 7.98. The van der Waals surface area contributed by atoms with E-state index in [2.05, 4.69) is 49.5 Å². The van der Waals surface area contributed by atoms with Gasteiger partial charge in [-0.2, -0.15) is 0 Å². The number of aryl methyl sites for hydroxylation is 2. The summed E-state index contributed by atoms with van der Waals surface area (Å²) in [6.45, 7) is 4.22. The molecule has 0 aliphatic carbocycles. The Kier molecular flexibility index (Phi) is 7.36. The zero-order valence-electron chi connectivity index (χ0n) is 17.2. The zero-order valence-corrected chi connectivity index (χ0v) is 18.0. The Morgan fingerprint density at radius 2 is 1.59 bits per heavy atom. The van der Waals surface area contributed by atoms with Gasteiger partial charge in [0, 0.05) is 27.5 Å². The first kappa shape index (κ1) is 21.0. The number of hydrogen-bond donors (Lipinski definition) is 1. The molecule has 0 saturated heterocycles. The van der Waals surface area contributed by atoms with Crippen LogP contribution in [0.1, 0.15) is 40.9 Å². The van der Waals surface area contributed by atoms with Crippen LogP contribution in [0.2, 0.25) is 0 Å². The molecule has 3 aromatic rings. The topological polar surface area (TPSA) is 38.3 Å². The van der Waals surface area contributed by atoms with Crippen molar-refractivity contribution in [2.45, 2.75) is 37.3 Å². The quantitative estimate of drug-likeness (QED) is 0.443. The van der Waals surface area contributed by atoms with Gasteiger partial charge in [-0.15, -0.1) is 11.8 Å². The van der Waals surface area contributed by atoms with E-state index in [0.717, 1.165) is 46.7 Å². The van der Waals surface area contributed by atoms with Crippen LogP contribution in [-0.2, 0) is 18.6 Å². The van der Waals surface area contributed by atoms with Crippen LogP contribution in [-0.4, -0.2) is 13.0 Å². The summed E-state index contributed by atoms with van der Waals surface area (Å²) in [5, 5.41) is 3.15. The number of rotatable bonds is 8. The first-order chi connectivity index (χ1) is 14.2. The van der Waals surface area contributed by atoms with Gasteiger partial charge in [-0.05, 0) is 54.3 Å². The summed E-state index contributed by atoms with van der Waals surface area (Å²) in [5.41, 5.74) is 4.91. The van der Waals surface area contributed by atoms with Crippen molar-refractivity contribution in [1.29, 1.82) is 0 Å². The molecule has 1 N–H and O–H groups in total. The Balaban J connectivity index is 1.83. The number of thioether (sulfide) groups is 1. The molecule has 29 heavy (non-hydrogen) atoms. The van der Waals surface area contributed by atoms with Crippen LogP contribution in [0, 0.1) is 0 Å². The SMILES string of the molecule is CCc1cccc(CC)c1NC(=O)c1ccc(OC)c(CSc2ccccc2)c1. The molecular weight excluding hydrogens is 378 g/mol. The van der Waals surface area contributed by atoms with E-state index in [4.69, 9.17) is 4.74 Å². The minimum atomic E-state index is -0.0887. The van der Waals surface area contributed by atoms with Gasteiger partial charge >= 0.3 is 0 Å². The molecule has 0 unspecified atom stereocenters. The van der Waals surface area contributed by atoms with E-state index < -0.39 is 0 Å². The maximum atomic E-state index is 13.0. The second kappa shape index (κ2) is 10.2. The second-order valence-corrected chi connectivity index (χ2v) is 7.79. The third-order valence-electron chi connectivity index (χ3n) is 4.92. The molecule has 4 heteroatoms. The average Bonchev–Trinajstić information content (AvgIpc) is 2.78. The number of carbonyl (C=O) groups is 1. The molecule has 0 radical (unpaired) electrons. The standard InChI is InChI=1S/C25H27NO2S/c1-4-18-10-9-11-19(5-2)24(18)26-25(27)20-14-15-23(28-3)21(16-20)17-29-22-12-7-6-8-13-22/h6-16H,4-5,17H2,1-3H3,(H,26,27). The van der Waals surface area contributed by atoms with Crippen LogP contribution in [0.25, 0.3) is 0 Å². The van der Waals surface area contributed by atoms with Crippen molar-refractivity contribution in [3.8, 4) is 5.75 Å². The number of para-hydroxylation sites is 1. The van der Waals surface area contributed by atoms with E-state index in [9.17, 15) is 4.79 Å². The molecule has 0 aliphatic rings. The largest absolute Gasteiger partial charge is 0.496 e. The molecule has 1 amide bonds. The van der Waals surface area contributed by atoms with Crippen LogP contribution < -0.4 is 10.1 Å². The van der Waals surface area contributed by atoms with Gasteiger partial charge in [-0.25, -0.2) is 0 Å². The molecule has 0 aliphatic heterocycles. The smallest absolute Gasteiger partial charge is 0.255 e. The maximum absolute atomic E-state index is 13.0. The molecule has 0 heterocycles. The van der Waals surface area contributed by atoms with Crippen LogP contribution in [0.4, 0.5) is 5.69 Å². The van der Waals surface area contributed by atoms with Crippen molar-refractivity contribution in [2.24, 2.45) is 0 Å². The molecular formula is C25H27NO2S. The summed E-state index contributed by atoms with van der Waals surface area (Å²) in [7, 11) is 1.66. The van der Waals surface area contributed by atoms with Crippen molar-refractivity contribution in [3.63, 3.8) is 0 Å². The first-order valence-corrected chi connectivity index (χ1v) is 10.9. The predicted octanol–water partition coefficient (Wildman–Crippen LogP) is 6.36. The van der Waals surface area contributed by atoms with Gasteiger partial charge in [-0.1, -0.05) is 50.2 Å². The Hall–Kier alpha value is -2.72. The van der Waals surface area contributed by atoms with E-state index in [1.807, 2.05) is 36.4 Å². The molecule has 0 spiro atoms. The van der Waals surface area contributed by atoms with Gasteiger partial charge in [0.1, 0.15) is 5.75 Å². The zero-order chi connectivity index (χ0) is 20.6. The molecule has 0 fully saturated rings. The maximum Gasteiger partial charge on any atom is 0.255 e. The number of carbonyl (C=O) groups excluding carboxylic acids is 1. The Morgan fingerprint density at radius 3 is 2.21 bits per heavy atom. The minimum Gasteiger partial charge on any atom is -0.496 e. The Bertz CT molecular complexity index is 948. The molecule has 0 atom stereocenters. The Labute approximate surface area is 177 Å². The third kappa shape index (κ3) is 5.21. The average molecular weight is 406 g/mol. The lowest BCUT2D eigenvalue weighted by molar-refractivity contribution is 0.102. The lowest BCUT2D eigenvalue weighted by Gasteiger charge is -2.15. The van der Waals surface area contributed by atoms with Gasteiger partial charge < -0.3 is 10.1 Å². The van der Waals surface area contributed by atoms with E-state index in [-0.39, 0.29) is 5.91 Å². The summed E-state index contributed by atoms with van der Waals surface area (Å²) < 4.78 is 5.51. The monoisotopic (exact) mass is 405 g/mol. The summed E-state index contributed by atoms with van der Waals surface area (Å²) in [4.78, 5) is 14.2. The Morgan fingerprint density at radius 1 is 0.897 bits per heavy atom. The van der Waals surface area contributed by atoms with Crippen LogP contribution in [0.5, 0.6) is 5.75 Å². The molecule has 3 nitrogen and oxygen atoms in total. The molecule has 0 aromatic heterocycles. The predicted molar refractivity (Wildman–Crippen MR) is 122 cm³/mol. The number of benzene rings is 3. The van der Waals surface area contributed by atoms with E-state index in [0.29, 0.717) is 5.56 Å². The molecule has 0 bridgehead atoms. The van der Waals surface area contributed by atoms with E-state index >= 15 is 0 Å². The summed E-state index contributed by atoms with van der Waals surface area (Å²) in [5.74, 6) is 1.45. The van der Waals surface area contributed by atoms with E-state index in [1.165, 1.54) is 4.90 Å². The summed E-state index contributed by atoms with van der Waals surface area (Å²) in [6, 6.07) is 22.1. The molecule has 150 valence electrons. The van der Waals surface area contributed by atoms with E-state index in [1.54, 1.807) is 18.9 Å². The number of ether oxygens (including phenoxy) is 1. The molecule has 3 rings (SSSR count). The number of hydrogen-bond acceptors (Lipinski definition) is 3. The van der Waals surface area contributed by atoms with Gasteiger partial charge in [0.2, 0.25) is 0 Å². The number of anilines is 1. The van der Waals surface area contributed by atoms with Crippen LogP contribution in [0.15, 0.2) is 71.6 Å². The summed E-state index contributed by atoms with van der Waals surface area (Å²) in [6.07, 6.45) is 1.76. The van der Waals surface area contributed by atoms with Gasteiger partial charge in [0.25, 0.3) is 5.91 Å². The van der Waals surface area contributed by atoms with Crippen molar-refractivity contribution < 1.29 is 9.53 Å². The van der Waals surface area contributed by atoms with Crippen LogP contribution in [0.3, 0.4) is 0 Å². The number of amides is 1. The molecule has 0 saturated carbocycles.